The third kappa shape index (κ3) is 5.54. The summed E-state index contributed by atoms with van der Waals surface area (Å²) in [7, 11) is 0. The Labute approximate surface area is 364 Å². The quantitative estimate of drug-likeness (QED) is 0.166. The molecule has 0 unspecified atom stereocenters. The van der Waals surface area contributed by atoms with Crippen molar-refractivity contribution in [1.29, 1.82) is 21.0 Å². The van der Waals surface area contributed by atoms with Crippen LogP contribution in [-0.2, 0) is 5.41 Å². The van der Waals surface area contributed by atoms with E-state index in [0.717, 1.165) is 61.6 Å². The van der Waals surface area contributed by atoms with Gasteiger partial charge in [-0.1, -0.05) is 78.9 Å². The zero-order chi connectivity index (χ0) is 42.7. The van der Waals surface area contributed by atoms with Gasteiger partial charge < -0.3 is 9.80 Å². The summed E-state index contributed by atoms with van der Waals surface area (Å²) in [5.74, 6) is 0. The van der Waals surface area contributed by atoms with E-state index in [1.165, 1.54) is 27.8 Å². The second-order valence-corrected chi connectivity index (χ2v) is 15.7. The summed E-state index contributed by atoms with van der Waals surface area (Å²) in [4.78, 5) is 4.40. The van der Waals surface area contributed by atoms with Gasteiger partial charge in [-0.3, -0.25) is 0 Å². The van der Waals surface area contributed by atoms with Gasteiger partial charge in [0.05, 0.1) is 57.6 Å². The molecule has 0 aliphatic heterocycles. The number of hydrogen-bond acceptors (Lipinski definition) is 6. The zero-order valence-corrected chi connectivity index (χ0v) is 33.7. The highest BCUT2D eigenvalue weighted by molar-refractivity contribution is 6.12. The Balaban J connectivity index is 1.22. The second-order valence-electron chi connectivity index (χ2n) is 15.7. The number of rotatable bonds is 6. The highest BCUT2D eigenvalue weighted by Crippen LogP contribution is 2.63. The van der Waals surface area contributed by atoms with E-state index in [4.69, 9.17) is 0 Å². The fourth-order valence-corrected chi connectivity index (χ4v) is 9.91. The molecule has 2 aliphatic rings. The Bertz CT molecular complexity index is 3330. The van der Waals surface area contributed by atoms with Crippen molar-refractivity contribution in [3.63, 3.8) is 0 Å². The molecular formula is C57H32N6. The van der Waals surface area contributed by atoms with Gasteiger partial charge in [-0.15, -0.1) is 0 Å². The van der Waals surface area contributed by atoms with E-state index in [1.54, 1.807) is 0 Å². The van der Waals surface area contributed by atoms with Gasteiger partial charge in [0.15, 0.2) is 0 Å². The maximum absolute atomic E-state index is 9.70. The van der Waals surface area contributed by atoms with Crippen molar-refractivity contribution in [2.75, 3.05) is 9.80 Å². The van der Waals surface area contributed by atoms with Crippen LogP contribution >= 0.6 is 0 Å². The van der Waals surface area contributed by atoms with Gasteiger partial charge in [0.25, 0.3) is 0 Å². The highest BCUT2D eigenvalue weighted by Gasteiger charge is 2.50. The monoisotopic (exact) mass is 800 g/mol. The number of hydrogen-bond donors (Lipinski definition) is 0. The summed E-state index contributed by atoms with van der Waals surface area (Å²) in [6.45, 7) is 0. The average molecular weight is 801 g/mol. The summed E-state index contributed by atoms with van der Waals surface area (Å²) in [5.41, 5.74) is 16.3. The van der Waals surface area contributed by atoms with Gasteiger partial charge in [0, 0.05) is 33.8 Å². The fraction of sp³-hybridized carbons (Fsp3) is 0.0175. The molecule has 6 nitrogen and oxygen atoms in total. The summed E-state index contributed by atoms with van der Waals surface area (Å²) in [6, 6.07) is 74.9. The lowest BCUT2D eigenvalue weighted by Crippen LogP contribution is -2.32. The molecule has 6 heteroatoms. The van der Waals surface area contributed by atoms with E-state index < -0.39 is 5.41 Å². The van der Waals surface area contributed by atoms with Crippen LogP contribution in [0.2, 0.25) is 0 Å². The van der Waals surface area contributed by atoms with Crippen LogP contribution in [0.1, 0.15) is 44.5 Å². The molecule has 0 saturated heterocycles. The predicted octanol–water partition coefficient (Wildman–Crippen LogP) is 13.6. The first kappa shape index (κ1) is 36.8. The molecule has 0 atom stereocenters. The van der Waals surface area contributed by atoms with Crippen molar-refractivity contribution < 1.29 is 0 Å². The largest absolute Gasteiger partial charge is 0.310 e. The Morgan fingerprint density at radius 3 is 1.19 bits per heavy atom. The normalized spacial score (nSPS) is 12.2. The molecule has 2 aliphatic carbocycles. The van der Waals surface area contributed by atoms with Crippen molar-refractivity contribution >= 4 is 44.9 Å². The van der Waals surface area contributed by atoms with E-state index in [0.29, 0.717) is 22.3 Å². The number of nitriles is 4. The standard InChI is InChI=1S/C57H32N6/c58-33-37-12-20-41(21-13-37)62(42-22-14-38(34-59)15-23-42)45-28-29-48-49-30-31-55(63(43-24-16-39(35-60)17-25-43)44-26-18-40(36-61)19-27-44)50-8-5-11-53(56(49)50)57(54(48)32-45)51-9-3-1-6-46(51)47-7-2-4-10-52(47)57/h1-32H. The number of benzene rings is 9. The average Bonchev–Trinajstić information content (AvgIpc) is 3.65. The van der Waals surface area contributed by atoms with Crippen molar-refractivity contribution in [2.24, 2.45) is 0 Å². The molecule has 63 heavy (non-hydrogen) atoms. The smallest absolute Gasteiger partial charge is 0.0991 e. The molecule has 290 valence electrons. The molecule has 1 spiro atoms. The maximum atomic E-state index is 9.70. The van der Waals surface area contributed by atoms with Crippen LogP contribution in [0.5, 0.6) is 0 Å². The van der Waals surface area contributed by atoms with Crippen LogP contribution in [0.25, 0.3) is 33.0 Å². The van der Waals surface area contributed by atoms with Gasteiger partial charge in [-0.25, -0.2) is 0 Å². The van der Waals surface area contributed by atoms with Crippen LogP contribution < -0.4 is 9.80 Å². The third-order valence-electron chi connectivity index (χ3n) is 12.6. The van der Waals surface area contributed by atoms with E-state index in [2.05, 4.69) is 131 Å². The first-order valence-corrected chi connectivity index (χ1v) is 20.6. The zero-order valence-electron chi connectivity index (χ0n) is 33.7. The first-order chi connectivity index (χ1) is 31.0. The van der Waals surface area contributed by atoms with Crippen LogP contribution in [0.15, 0.2) is 194 Å². The van der Waals surface area contributed by atoms with Crippen LogP contribution in [-0.4, -0.2) is 0 Å². The summed E-state index contributed by atoms with van der Waals surface area (Å²) >= 11 is 0. The predicted molar refractivity (Wildman–Crippen MR) is 248 cm³/mol. The van der Waals surface area contributed by atoms with Gasteiger partial charge in [-0.05, 0) is 165 Å². The molecule has 0 N–H and O–H groups in total. The Morgan fingerprint density at radius 2 is 0.714 bits per heavy atom. The molecule has 0 bridgehead atoms. The van der Waals surface area contributed by atoms with Gasteiger partial charge >= 0.3 is 0 Å². The van der Waals surface area contributed by atoms with Crippen molar-refractivity contribution in [1.82, 2.24) is 0 Å². The topological polar surface area (TPSA) is 102 Å². The SMILES string of the molecule is N#Cc1ccc(N(c2ccc(C#N)cc2)c2ccc3c(c2)C2(c4ccccc4-c4ccccc42)c2cccc4c(N(c5ccc(C#N)cc5)c5ccc(C#N)cc5)ccc-3c24)cc1. The summed E-state index contributed by atoms with van der Waals surface area (Å²) in [6.07, 6.45) is 0. The third-order valence-corrected chi connectivity index (χ3v) is 12.6. The van der Waals surface area contributed by atoms with Crippen LogP contribution in [0.4, 0.5) is 34.1 Å². The second kappa shape index (κ2) is 14.5. The summed E-state index contributed by atoms with van der Waals surface area (Å²) < 4.78 is 0. The van der Waals surface area contributed by atoms with Crippen molar-refractivity contribution in [2.45, 2.75) is 5.41 Å². The molecule has 9 aromatic carbocycles. The minimum Gasteiger partial charge on any atom is -0.310 e. The lowest BCUT2D eigenvalue weighted by molar-refractivity contribution is 0.773. The Morgan fingerprint density at radius 1 is 0.317 bits per heavy atom. The minimum atomic E-state index is -0.724. The minimum absolute atomic E-state index is 0.572. The molecule has 0 amide bonds. The maximum Gasteiger partial charge on any atom is 0.0991 e. The van der Waals surface area contributed by atoms with Gasteiger partial charge in [-0.2, -0.15) is 21.0 Å². The van der Waals surface area contributed by atoms with Crippen molar-refractivity contribution in [3.8, 4) is 46.5 Å². The van der Waals surface area contributed by atoms with E-state index in [1.807, 2.05) is 97.1 Å². The van der Waals surface area contributed by atoms with Crippen LogP contribution in [0, 0.1) is 45.3 Å². The molecule has 0 saturated carbocycles. The van der Waals surface area contributed by atoms with Crippen LogP contribution in [0.3, 0.4) is 0 Å². The molecule has 0 radical (unpaired) electrons. The number of fused-ring (bicyclic) bond motifs is 9. The number of nitrogens with zero attached hydrogens (tertiary/aromatic N) is 6. The highest BCUT2D eigenvalue weighted by atomic mass is 15.1. The summed E-state index contributed by atoms with van der Waals surface area (Å²) in [5, 5.41) is 41.0. The molecule has 0 heterocycles. The van der Waals surface area contributed by atoms with E-state index in [9.17, 15) is 21.0 Å². The lowest BCUT2D eigenvalue weighted by Gasteiger charge is -2.41. The molecule has 0 fully saturated rings. The molecular weight excluding hydrogens is 769 g/mol. The van der Waals surface area contributed by atoms with Gasteiger partial charge in [0.1, 0.15) is 0 Å². The number of anilines is 6. The molecule has 0 aromatic heterocycles. The van der Waals surface area contributed by atoms with E-state index in [-0.39, 0.29) is 0 Å². The van der Waals surface area contributed by atoms with Gasteiger partial charge in [0.2, 0.25) is 0 Å². The molecule has 11 rings (SSSR count). The van der Waals surface area contributed by atoms with E-state index >= 15 is 0 Å². The van der Waals surface area contributed by atoms with Crippen molar-refractivity contribution in [3.05, 3.63) is 239 Å². The Kier molecular flexibility index (Phi) is 8.49. The molecule has 9 aromatic rings. The fourth-order valence-electron chi connectivity index (χ4n) is 9.91. The Hall–Kier alpha value is -9.20. The lowest BCUT2D eigenvalue weighted by atomic mass is 9.61. The first-order valence-electron chi connectivity index (χ1n) is 20.6.